The predicted octanol–water partition coefficient (Wildman–Crippen LogP) is 18.5. The maximum Gasteiger partial charge on any atom is 0.305 e. The van der Waals surface area contributed by atoms with E-state index in [4.69, 9.17) is 9.47 Å². The maximum absolute atomic E-state index is 12.1. The quantitative estimate of drug-likeness (QED) is 0.0453. The summed E-state index contributed by atoms with van der Waals surface area (Å²) in [6.07, 6.45) is 56.5. The Labute approximate surface area is 365 Å². The SMILES string of the molecule is CCCCCCCCCCCCCCCC(=O)OCCCCCCCC(C)CCCCC(C)CCCCCCCOC(=O)CCCCCCCCCCCCCCC. The fourth-order valence-corrected chi connectivity index (χ4v) is 8.62. The summed E-state index contributed by atoms with van der Waals surface area (Å²) in [6, 6.07) is 0. The number of ether oxygens (including phenoxy) is 2. The minimum Gasteiger partial charge on any atom is -0.466 e. The molecule has 0 aromatic rings. The number of hydrogen-bond acceptors (Lipinski definition) is 4. The summed E-state index contributed by atoms with van der Waals surface area (Å²) in [5.41, 5.74) is 0. The number of carbonyl (C=O) groups excluding carboxylic acids is 2. The van der Waals surface area contributed by atoms with Crippen LogP contribution in [0.4, 0.5) is 0 Å². The summed E-state index contributed by atoms with van der Waals surface area (Å²) in [7, 11) is 0. The second kappa shape index (κ2) is 48.6. The molecule has 346 valence electrons. The van der Waals surface area contributed by atoms with Crippen molar-refractivity contribution in [3.63, 3.8) is 0 Å². The molecule has 0 spiro atoms. The number of unbranched alkanes of at least 4 members (excludes halogenated alkanes) is 33. The lowest BCUT2D eigenvalue weighted by Gasteiger charge is -2.14. The third-order valence-electron chi connectivity index (χ3n) is 12.8. The molecule has 0 rings (SSSR count). The van der Waals surface area contributed by atoms with Crippen LogP contribution in [0.5, 0.6) is 0 Å². The van der Waals surface area contributed by atoms with E-state index in [1.807, 2.05) is 0 Å². The summed E-state index contributed by atoms with van der Waals surface area (Å²) < 4.78 is 11.0. The van der Waals surface area contributed by atoms with Crippen LogP contribution in [0.1, 0.15) is 310 Å². The molecule has 0 aliphatic heterocycles. The summed E-state index contributed by atoms with van der Waals surface area (Å²) >= 11 is 0. The first-order valence-electron chi connectivity index (χ1n) is 26.8. The van der Waals surface area contributed by atoms with Crippen molar-refractivity contribution in [2.24, 2.45) is 11.8 Å². The smallest absolute Gasteiger partial charge is 0.305 e. The van der Waals surface area contributed by atoms with E-state index in [0.717, 1.165) is 37.5 Å². The standard InChI is InChI=1S/C54H106O4/c1-5-7-9-11-13-15-17-19-21-23-25-31-37-47-53(55)57-49-41-33-27-29-35-43-51(3)45-39-40-46-52(4)44-36-30-28-34-42-50-58-54(56)48-38-32-26-24-22-20-18-16-14-12-10-8-6-2/h51-52H,5-50H2,1-4H3. The van der Waals surface area contributed by atoms with E-state index >= 15 is 0 Å². The van der Waals surface area contributed by atoms with Crippen LogP contribution in [0.25, 0.3) is 0 Å². The third kappa shape index (κ3) is 47.6. The van der Waals surface area contributed by atoms with Crippen LogP contribution in [-0.2, 0) is 19.1 Å². The Morgan fingerprint density at radius 2 is 0.500 bits per heavy atom. The molecule has 0 aromatic heterocycles. The lowest BCUT2D eigenvalue weighted by molar-refractivity contribution is -0.144. The number of rotatable bonds is 49. The highest BCUT2D eigenvalue weighted by Crippen LogP contribution is 2.22. The molecular weight excluding hydrogens is 713 g/mol. The Bertz CT molecular complexity index is 745. The lowest BCUT2D eigenvalue weighted by Crippen LogP contribution is -2.05. The average Bonchev–Trinajstić information content (AvgIpc) is 3.22. The highest BCUT2D eigenvalue weighted by Gasteiger charge is 2.07. The zero-order chi connectivity index (χ0) is 42.3. The van der Waals surface area contributed by atoms with Gasteiger partial charge in [0.2, 0.25) is 0 Å². The molecule has 0 amide bonds. The van der Waals surface area contributed by atoms with Gasteiger partial charge in [0.05, 0.1) is 13.2 Å². The molecule has 0 heterocycles. The number of hydrogen-bond donors (Lipinski definition) is 0. The third-order valence-corrected chi connectivity index (χ3v) is 12.8. The lowest BCUT2D eigenvalue weighted by atomic mass is 9.93. The van der Waals surface area contributed by atoms with Crippen molar-refractivity contribution < 1.29 is 19.1 Å². The number of carbonyl (C=O) groups is 2. The topological polar surface area (TPSA) is 52.6 Å². The van der Waals surface area contributed by atoms with Gasteiger partial charge in [-0.1, -0.05) is 272 Å². The van der Waals surface area contributed by atoms with Crippen molar-refractivity contribution in [3.05, 3.63) is 0 Å². The van der Waals surface area contributed by atoms with Crippen LogP contribution in [0, 0.1) is 11.8 Å². The normalized spacial score (nSPS) is 12.6. The Morgan fingerprint density at radius 1 is 0.293 bits per heavy atom. The fourth-order valence-electron chi connectivity index (χ4n) is 8.62. The van der Waals surface area contributed by atoms with Gasteiger partial charge >= 0.3 is 11.9 Å². The van der Waals surface area contributed by atoms with Gasteiger partial charge < -0.3 is 9.47 Å². The van der Waals surface area contributed by atoms with Crippen molar-refractivity contribution in [2.75, 3.05) is 13.2 Å². The Balaban J connectivity index is 3.36. The first-order valence-corrected chi connectivity index (χ1v) is 26.8. The Morgan fingerprint density at radius 3 is 0.776 bits per heavy atom. The molecule has 0 bridgehead atoms. The maximum atomic E-state index is 12.1. The van der Waals surface area contributed by atoms with Crippen molar-refractivity contribution in [2.45, 2.75) is 310 Å². The summed E-state index contributed by atoms with van der Waals surface area (Å²) in [5.74, 6) is 1.73. The van der Waals surface area contributed by atoms with Gasteiger partial charge in [-0.2, -0.15) is 0 Å². The molecule has 0 fully saturated rings. The monoisotopic (exact) mass is 819 g/mol. The second-order valence-corrected chi connectivity index (χ2v) is 19.0. The molecule has 0 aliphatic carbocycles. The van der Waals surface area contributed by atoms with E-state index in [9.17, 15) is 9.59 Å². The first-order chi connectivity index (χ1) is 28.5. The molecule has 0 aromatic carbocycles. The van der Waals surface area contributed by atoms with Crippen molar-refractivity contribution >= 4 is 11.9 Å². The van der Waals surface area contributed by atoms with Crippen LogP contribution in [0.2, 0.25) is 0 Å². The zero-order valence-corrected chi connectivity index (χ0v) is 40.3. The Hall–Kier alpha value is -1.06. The first kappa shape index (κ1) is 56.9. The second-order valence-electron chi connectivity index (χ2n) is 19.0. The van der Waals surface area contributed by atoms with Gasteiger partial charge in [-0.05, 0) is 37.5 Å². The summed E-state index contributed by atoms with van der Waals surface area (Å²) in [6.45, 7) is 10.7. The van der Waals surface area contributed by atoms with Crippen molar-refractivity contribution in [3.8, 4) is 0 Å². The minimum absolute atomic E-state index is 0.0175. The molecular formula is C54H106O4. The highest BCUT2D eigenvalue weighted by molar-refractivity contribution is 5.69. The average molecular weight is 819 g/mol. The summed E-state index contributed by atoms with van der Waals surface area (Å²) in [4.78, 5) is 24.1. The van der Waals surface area contributed by atoms with E-state index in [2.05, 4.69) is 27.7 Å². The van der Waals surface area contributed by atoms with Gasteiger partial charge in [-0.25, -0.2) is 0 Å². The van der Waals surface area contributed by atoms with E-state index < -0.39 is 0 Å². The molecule has 0 radical (unpaired) electrons. The van der Waals surface area contributed by atoms with Crippen LogP contribution >= 0.6 is 0 Å². The van der Waals surface area contributed by atoms with E-state index in [0.29, 0.717) is 26.1 Å². The highest BCUT2D eigenvalue weighted by atomic mass is 16.5. The van der Waals surface area contributed by atoms with Gasteiger partial charge in [-0.3, -0.25) is 9.59 Å². The largest absolute Gasteiger partial charge is 0.466 e. The van der Waals surface area contributed by atoms with Gasteiger partial charge in [0.15, 0.2) is 0 Å². The van der Waals surface area contributed by atoms with Crippen LogP contribution in [-0.4, -0.2) is 25.2 Å². The molecule has 4 heteroatoms. The number of esters is 2. The Kier molecular flexibility index (Phi) is 47.7. The fraction of sp³-hybridized carbons (Fsp3) is 0.963. The van der Waals surface area contributed by atoms with Crippen LogP contribution in [0.3, 0.4) is 0 Å². The molecule has 4 nitrogen and oxygen atoms in total. The molecule has 0 aliphatic rings. The van der Waals surface area contributed by atoms with E-state index in [1.165, 1.54) is 244 Å². The van der Waals surface area contributed by atoms with Crippen LogP contribution in [0.15, 0.2) is 0 Å². The minimum atomic E-state index is 0.0175. The molecule has 0 saturated heterocycles. The molecule has 58 heavy (non-hydrogen) atoms. The van der Waals surface area contributed by atoms with E-state index in [1.54, 1.807) is 0 Å². The van der Waals surface area contributed by atoms with E-state index in [-0.39, 0.29) is 11.9 Å². The molecule has 2 atom stereocenters. The summed E-state index contributed by atoms with van der Waals surface area (Å²) in [5, 5.41) is 0. The van der Waals surface area contributed by atoms with Gasteiger partial charge in [0.1, 0.15) is 0 Å². The zero-order valence-electron chi connectivity index (χ0n) is 40.3. The van der Waals surface area contributed by atoms with Gasteiger partial charge in [-0.15, -0.1) is 0 Å². The van der Waals surface area contributed by atoms with Crippen molar-refractivity contribution in [1.82, 2.24) is 0 Å². The molecule has 2 unspecified atom stereocenters. The van der Waals surface area contributed by atoms with Crippen molar-refractivity contribution in [1.29, 1.82) is 0 Å². The predicted molar refractivity (Wildman–Crippen MR) is 255 cm³/mol. The molecule has 0 N–H and O–H groups in total. The van der Waals surface area contributed by atoms with Gasteiger partial charge in [0.25, 0.3) is 0 Å². The molecule has 0 saturated carbocycles. The van der Waals surface area contributed by atoms with Gasteiger partial charge in [0, 0.05) is 12.8 Å². The van der Waals surface area contributed by atoms with Crippen LogP contribution < -0.4 is 0 Å².